The van der Waals surface area contributed by atoms with E-state index < -0.39 is 15.8 Å². The fraction of sp³-hybridized carbons (Fsp3) is 0.154. The lowest BCUT2D eigenvalue weighted by Gasteiger charge is -2.15. The second-order valence-corrected chi connectivity index (χ2v) is 9.24. The molecule has 0 bridgehead atoms. The quantitative estimate of drug-likeness (QED) is 0.0959. The van der Waals surface area contributed by atoms with E-state index in [0.29, 0.717) is 43.9 Å². The largest absolute Gasteiger partial charge is 0.490 e. The summed E-state index contributed by atoms with van der Waals surface area (Å²) < 4.78 is 17.7. The summed E-state index contributed by atoms with van der Waals surface area (Å²) in [5.74, 6) is 0.149. The molecule has 11 nitrogen and oxygen atoms in total. The average molecular weight is 629 g/mol. The molecule has 194 valence electrons. The zero-order chi connectivity index (χ0) is 27.4. The molecule has 0 fully saturated rings. The number of rotatable bonds is 9. The summed E-state index contributed by atoms with van der Waals surface area (Å²) in [7, 11) is 0. The first-order valence-electron chi connectivity index (χ1n) is 11.3. The number of non-ortho nitro benzene ring substituents is 1. The lowest BCUT2D eigenvalue weighted by atomic mass is 10.1. The van der Waals surface area contributed by atoms with E-state index in [1.165, 1.54) is 24.3 Å². The molecule has 1 heterocycles. The first-order valence-corrected chi connectivity index (χ1v) is 12.3. The van der Waals surface area contributed by atoms with Crippen molar-refractivity contribution in [1.82, 2.24) is 0 Å². The predicted molar refractivity (Wildman–Crippen MR) is 146 cm³/mol. The number of halogens is 1. The Bertz CT molecular complexity index is 1520. The van der Waals surface area contributed by atoms with Gasteiger partial charge in [0.05, 0.1) is 20.0 Å². The molecule has 0 spiro atoms. The summed E-state index contributed by atoms with van der Waals surface area (Å²) in [6, 6.07) is 14.1. The van der Waals surface area contributed by atoms with Crippen molar-refractivity contribution >= 4 is 51.9 Å². The standard InChI is InChI=1S/C26H20IN3O8/c1-3-36-23-12-17(10-20(27)24(23)37-14-16-5-4-6-19(9-16)29(32)33)11-21-26(31)38-25(28-21)18-8-7-15(2)22(13-18)30(34)35/h4-13H,3,14H2,1-2H3/b21-11-. The summed E-state index contributed by atoms with van der Waals surface area (Å²) in [5.41, 5.74) is 1.89. The summed E-state index contributed by atoms with van der Waals surface area (Å²) in [4.78, 5) is 38.1. The molecule has 1 aliphatic heterocycles. The minimum atomic E-state index is -0.692. The molecule has 12 heteroatoms. The topological polar surface area (TPSA) is 143 Å². The third-order valence-electron chi connectivity index (χ3n) is 5.41. The minimum Gasteiger partial charge on any atom is -0.490 e. The van der Waals surface area contributed by atoms with Gasteiger partial charge in [0.2, 0.25) is 5.90 Å². The van der Waals surface area contributed by atoms with Gasteiger partial charge in [-0.05, 0) is 71.8 Å². The van der Waals surface area contributed by atoms with Crippen LogP contribution in [0.5, 0.6) is 11.5 Å². The van der Waals surface area contributed by atoms with Gasteiger partial charge in [-0.1, -0.05) is 18.2 Å². The van der Waals surface area contributed by atoms with Crippen LogP contribution in [0.25, 0.3) is 6.08 Å². The Labute approximate surface area is 230 Å². The molecule has 0 saturated heterocycles. The number of carbonyl (C=O) groups excluding carboxylic acids is 1. The monoisotopic (exact) mass is 629 g/mol. The van der Waals surface area contributed by atoms with E-state index in [-0.39, 0.29) is 29.6 Å². The maximum atomic E-state index is 12.5. The molecule has 1 aliphatic rings. The molecule has 0 atom stereocenters. The second-order valence-electron chi connectivity index (χ2n) is 8.07. The van der Waals surface area contributed by atoms with Crippen molar-refractivity contribution in [2.75, 3.05) is 6.61 Å². The van der Waals surface area contributed by atoms with Crippen LogP contribution in [0.4, 0.5) is 11.4 Å². The van der Waals surface area contributed by atoms with Gasteiger partial charge in [-0.15, -0.1) is 0 Å². The van der Waals surface area contributed by atoms with Crippen LogP contribution in [0.15, 0.2) is 65.3 Å². The molecule has 4 rings (SSSR count). The van der Waals surface area contributed by atoms with Gasteiger partial charge >= 0.3 is 5.97 Å². The number of hydrogen-bond acceptors (Lipinski definition) is 9. The molecule has 0 aromatic heterocycles. The summed E-state index contributed by atoms with van der Waals surface area (Å²) >= 11 is 2.07. The van der Waals surface area contributed by atoms with Crippen molar-refractivity contribution < 1.29 is 28.9 Å². The van der Waals surface area contributed by atoms with Gasteiger partial charge in [0.15, 0.2) is 17.2 Å². The number of ether oxygens (including phenoxy) is 3. The fourth-order valence-electron chi connectivity index (χ4n) is 3.62. The smallest absolute Gasteiger partial charge is 0.363 e. The van der Waals surface area contributed by atoms with Crippen LogP contribution in [0, 0.1) is 30.7 Å². The van der Waals surface area contributed by atoms with Crippen LogP contribution in [0.3, 0.4) is 0 Å². The normalized spacial score (nSPS) is 13.7. The van der Waals surface area contributed by atoms with Crippen molar-refractivity contribution in [1.29, 1.82) is 0 Å². The molecular formula is C26H20IN3O8. The summed E-state index contributed by atoms with van der Waals surface area (Å²) in [5, 5.41) is 22.3. The average Bonchev–Trinajstić information content (AvgIpc) is 3.23. The highest BCUT2D eigenvalue weighted by molar-refractivity contribution is 14.1. The Morgan fingerprint density at radius 1 is 1.05 bits per heavy atom. The van der Waals surface area contributed by atoms with E-state index >= 15 is 0 Å². The number of esters is 1. The van der Waals surface area contributed by atoms with Crippen molar-refractivity contribution in [3.05, 3.63) is 106 Å². The van der Waals surface area contributed by atoms with Crippen LogP contribution in [-0.2, 0) is 16.1 Å². The van der Waals surface area contributed by atoms with Crippen molar-refractivity contribution in [2.24, 2.45) is 4.99 Å². The van der Waals surface area contributed by atoms with Crippen molar-refractivity contribution in [3.8, 4) is 11.5 Å². The minimum absolute atomic E-state index is 0.0201. The van der Waals surface area contributed by atoms with E-state index in [4.69, 9.17) is 14.2 Å². The first kappa shape index (κ1) is 26.7. The zero-order valence-electron chi connectivity index (χ0n) is 20.2. The van der Waals surface area contributed by atoms with Crippen LogP contribution >= 0.6 is 22.6 Å². The van der Waals surface area contributed by atoms with E-state index in [0.717, 1.165) is 0 Å². The molecule has 0 unspecified atom stereocenters. The van der Waals surface area contributed by atoms with Crippen molar-refractivity contribution in [2.45, 2.75) is 20.5 Å². The van der Waals surface area contributed by atoms with Crippen LogP contribution in [0.2, 0.25) is 0 Å². The number of aryl methyl sites for hydroxylation is 1. The van der Waals surface area contributed by atoms with E-state index in [1.54, 1.807) is 43.3 Å². The Kier molecular flexibility index (Phi) is 8.00. The Balaban J connectivity index is 1.61. The van der Waals surface area contributed by atoms with Crippen LogP contribution in [-0.4, -0.2) is 28.3 Å². The number of carbonyl (C=O) groups is 1. The molecule has 0 aliphatic carbocycles. The fourth-order valence-corrected chi connectivity index (χ4v) is 4.40. The molecule has 0 N–H and O–H groups in total. The van der Waals surface area contributed by atoms with E-state index in [1.807, 2.05) is 6.92 Å². The summed E-state index contributed by atoms with van der Waals surface area (Å²) in [6.45, 7) is 3.86. The number of nitrogens with zero attached hydrogens (tertiary/aromatic N) is 3. The Hall–Kier alpha value is -4.33. The van der Waals surface area contributed by atoms with Gasteiger partial charge in [0.1, 0.15) is 6.61 Å². The van der Waals surface area contributed by atoms with Gasteiger partial charge in [-0.25, -0.2) is 9.79 Å². The maximum Gasteiger partial charge on any atom is 0.363 e. The number of nitro groups is 2. The second kappa shape index (κ2) is 11.4. The number of aliphatic imine (C=N–C) groups is 1. The lowest BCUT2D eigenvalue weighted by molar-refractivity contribution is -0.385. The first-order chi connectivity index (χ1) is 18.2. The number of hydrogen-bond donors (Lipinski definition) is 0. The number of nitro benzene ring substituents is 2. The van der Waals surface area contributed by atoms with Gasteiger partial charge in [-0.2, -0.15) is 0 Å². The zero-order valence-corrected chi connectivity index (χ0v) is 22.3. The number of benzene rings is 3. The van der Waals surface area contributed by atoms with Crippen LogP contribution in [0.1, 0.15) is 29.2 Å². The highest BCUT2D eigenvalue weighted by atomic mass is 127. The lowest BCUT2D eigenvalue weighted by Crippen LogP contribution is -2.06. The molecular weight excluding hydrogens is 609 g/mol. The van der Waals surface area contributed by atoms with E-state index in [2.05, 4.69) is 27.6 Å². The molecule has 3 aromatic carbocycles. The SMILES string of the molecule is CCOc1cc(/C=C2\N=C(c3ccc(C)c([N+](=O)[O-])c3)OC2=O)cc(I)c1OCc1cccc([N+](=O)[O-])c1. The number of cyclic esters (lactones) is 1. The van der Waals surface area contributed by atoms with Crippen molar-refractivity contribution in [3.63, 3.8) is 0 Å². The van der Waals surface area contributed by atoms with E-state index in [9.17, 15) is 25.0 Å². The predicted octanol–water partition coefficient (Wildman–Crippen LogP) is 5.74. The molecule has 0 saturated carbocycles. The molecule has 38 heavy (non-hydrogen) atoms. The van der Waals surface area contributed by atoms with Gasteiger partial charge in [0.25, 0.3) is 11.4 Å². The van der Waals surface area contributed by atoms with Gasteiger partial charge in [-0.3, -0.25) is 20.2 Å². The maximum absolute atomic E-state index is 12.5. The highest BCUT2D eigenvalue weighted by Gasteiger charge is 2.26. The third kappa shape index (κ3) is 5.96. The molecule has 3 aromatic rings. The Morgan fingerprint density at radius 3 is 2.55 bits per heavy atom. The molecule has 0 amide bonds. The Morgan fingerprint density at radius 2 is 1.84 bits per heavy atom. The third-order valence-corrected chi connectivity index (χ3v) is 6.21. The van der Waals surface area contributed by atoms with Gasteiger partial charge < -0.3 is 14.2 Å². The summed E-state index contributed by atoms with van der Waals surface area (Å²) in [6.07, 6.45) is 1.52. The van der Waals surface area contributed by atoms with Crippen LogP contribution < -0.4 is 9.47 Å². The van der Waals surface area contributed by atoms with Gasteiger partial charge in [0, 0.05) is 29.3 Å². The molecule has 0 radical (unpaired) electrons. The highest BCUT2D eigenvalue weighted by Crippen LogP contribution is 2.36.